The Hall–Kier alpha value is -1.29. The zero-order valence-corrected chi connectivity index (χ0v) is 8.68. The van der Waals surface area contributed by atoms with Crippen molar-refractivity contribution in [2.24, 2.45) is 5.41 Å². The summed E-state index contributed by atoms with van der Waals surface area (Å²) in [6.07, 6.45) is 12.3. The summed E-state index contributed by atoms with van der Waals surface area (Å²) in [6.45, 7) is 5.85. The molecule has 0 spiro atoms. The predicted octanol–water partition coefficient (Wildman–Crippen LogP) is 2.88. The van der Waals surface area contributed by atoms with Gasteiger partial charge in [-0.3, -0.25) is 4.79 Å². The van der Waals surface area contributed by atoms with E-state index < -0.39 is 0 Å². The summed E-state index contributed by atoms with van der Waals surface area (Å²) in [5.41, 5.74) is 0.780. The van der Waals surface area contributed by atoms with E-state index in [0.29, 0.717) is 6.42 Å². The number of hydrogen-bond donors (Lipinski definition) is 0. The first kappa shape index (κ1) is 10.8. The van der Waals surface area contributed by atoms with Crippen LogP contribution in [0.4, 0.5) is 0 Å². The maximum absolute atomic E-state index is 11.3. The highest BCUT2D eigenvalue weighted by Crippen LogP contribution is 2.38. The van der Waals surface area contributed by atoms with E-state index in [2.05, 4.69) is 19.4 Å². The van der Waals surface area contributed by atoms with Crippen LogP contribution >= 0.6 is 0 Å². The number of terminal acetylenes is 1. The fourth-order valence-electron chi connectivity index (χ4n) is 1.94. The van der Waals surface area contributed by atoms with Crippen molar-refractivity contribution >= 4 is 5.78 Å². The van der Waals surface area contributed by atoms with Gasteiger partial charge in [-0.25, -0.2) is 0 Å². The second-order valence-corrected chi connectivity index (χ2v) is 4.08. The molecule has 1 heteroatoms. The van der Waals surface area contributed by atoms with Gasteiger partial charge in [-0.05, 0) is 25.3 Å². The maximum atomic E-state index is 11.3. The smallest absolute Gasteiger partial charge is 0.156 e. The highest BCUT2D eigenvalue weighted by Gasteiger charge is 2.29. The molecule has 1 atom stereocenters. The minimum Gasteiger partial charge on any atom is -0.295 e. The van der Waals surface area contributed by atoms with Crippen molar-refractivity contribution in [3.63, 3.8) is 0 Å². The summed E-state index contributed by atoms with van der Waals surface area (Å²) in [6, 6.07) is 0. The van der Waals surface area contributed by atoms with Crippen LogP contribution in [0.3, 0.4) is 0 Å². The van der Waals surface area contributed by atoms with E-state index in [1.54, 1.807) is 6.08 Å². The lowest BCUT2D eigenvalue weighted by Crippen LogP contribution is -2.17. The molecule has 1 rings (SSSR count). The fourth-order valence-corrected chi connectivity index (χ4v) is 1.94. The second-order valence-electron chi connectivity index (χ2n) is 4.08. The van der Waals surface area contributed by atoms with Gasteiger partial charge >= 0.3 is 0 Å². The minimum atomic E-state index is -0.0529. The van der Waals surface area contributed by atoms with Gasteiger partial charge < -0.3 is 0 Å². The first-order valence-electron chi connectivity index (χ1n) is 4.95. The molecule has 0 aliphatic heterocycles. The Balaban J connectivity index is 3.03. The Kier molecular flexibility index (Phi) is 3.30. The minimum absolute atomic E-state index is 0.0529. The normalized spacial score (nSPS) is 27.4. The summed E-state index contributed by atoms with van der Waals surface area (Å²) >= 11 is 0. The molecule has 0 aromatic heterocycles. The SMILES string of the molecule is C#CC1=CC(=O)CCC[C@@]1(C)CC=C. The van der Waals surface area contributed by atoms with Crippen LogP contribution in [0.25, 0.3) is 0 Å². The summed E-state index contributed by atoms with van der Waals surface area (Å²) in [7, 11) is 0. The molecule has 0 aromatic carbocycles. The van der Waals surface area contributed by atoms with Gasteiger partial charge in [-0.15, -0.1) is 13.0 Å². The maximum Gasteiger partial charge on any atom is 0.156 e. The van der Waals surface area contributed by atoms with Crippen LogP contribution in [0.2, 0.25) is 0 Å². The van der Waals surface area contributed by atoms with Crippen molar-refractivity contribution in [3.8, 4) is 12.3 Å². The number of rotatable bonds is 2. The van der Waals surface area contributed by atoms with Crippen molar-refractivity contribution in [3.05, 3.63) is 24.3 Å². The molecule has 0 N–H and O–H groups in total. The molecule has 0 saturated carbocycles. The van der Waals surface area contributed by atoms with Gasteiger partial charge in [0, 0.05) is 17.4 Å². The van der Waals surface area contributed by atoms with E-state index in [-0.39, 0.29) is 11.2 Å². The van der Waals surface area contributed by atoms with Crippen LogP contribution in [0.15, 0.2) is 24.3 Å². The number of allylic oxidation sites excluding steroid dienone is 3. The van der Waals surface area contributed by atoms with E-state index >= 15 is 0 Å². The third kappa shape index (κ3) is 2.14. The van der Waals surface area contributed by atoms with Crippen LogP contribution < -0.4 is 0 Å². The highest BCUT2D eigenvalue weighted by atomic mass is 16.1. The topological polar surface area (TPSA) is 17.1 Å². The van der Waals surface area contributed by atoms with Gasteiger partial charge in [0.1, 0.15) is 0 Å². The lowest BCUT2D eigenvalue weighted by Gasteiger charge is -2.27. The average Bonchev–Trinajstić information content (AvgIpc) is 2.26. The second kappa shape index (κ2) is 4.28. The number of ketones is 1. The summed E-state index contributed by atoms with van der Waals surface area (Å²) < 4.78 is 0. The van der Waals surface area contributed by atoms with Gasteiger partial charge in [-0.1, -0.05) is 18.9 Å². The standard InChI is InChI=1S/C13H16O/c1-4-8-13(3)9-6-7-12(14)10-11(13)5-2/h2,4,10H,1,6-9H2,3H3/t13-/m1/s1. The lowest BCUT2D eigenvalue weighted by atomic mass is 9.76. The Morgan fingerprint density at radius 2 is 2.50 bits per heavy atom. The van der Waals surface area contributed by atoms with Crippen LogP contribution in [0.1, 0.15) is 32.6 Å². The van der Waals surface area contributed by atoms with E-state index in [0.717, 1.165) is 24.8 Å². The summed E-state index contributed by atoms with van der Waals surface area (Å²) in [5.74, 6) is 2.80. The van der Waals surface area contributed by atoms with Crippen LogP contribution in [-0.2, 0) is 4.79 Å². The molecule has 0 bridgehead atoms. The van der Waals surface area contributed by atoms with E-state index in [1.165, 1.54) is 0 Å². The largest absolute Gasteiger partial charge is 0.295 e. The molecule has 0 radical (unpaired) electrons. The summed E-state index contributed by atoms with van der Waals surface area (Å²) in [4.78, 5) is 11.3. The molecule has 1 aliphatic carbocycles. The van der Waals surface area contributed by atoms with Gasteiger partial charge in [0.05, 0.1) is 0 Å². The Morgan fingerprint density at radius 3 is 3.07 bits per heavy atom. The van der Waals surface area contributed by atoms with Gasteiger partial charge in [-0.2, -0.15) is 0 Å². The molecule has 0 heterocycles. The molecule has 74 valence electrons. The zero-order valence-electron chi connectivity index (χ0n) is 8.68. The zero-order chi connectivity index (χ0) is 10.6. The predicted molar refractivity (Wildman–Crippen MR) is 58.7 cm³/mol. The first-order valence-corrected chi connectivity index (χ1v) is 4.95. The Labute approximate surface area is 85.9 Å². The monoisotopic (exact) mass is 188 g/mol. The van der Waals surface area contributed by atoms with E-state index in [4.69, 9.17) is 6.42 Å². The molecule has 0 saturated heterocycles. The van der Waals surface area contributed by atoms with E-state index in [9.17, 15) is 4.79 Å². The lowest BCUT2D eigenvalue weighted by molar-refractivity contribution is -0.114. The third-order valence-corrected chi connectivity index (χ3v) is 2.86. The van der Waals surface area contributed by atoms with Crippen molar-refractivity contribution in [2.45, 2.75) is 32.6 Å². The van der Waals surface area contributed by atoms with Crippen LogP contribution in [0.5, 0.6) is 0 Å². The third-order valence-electron chi connectivity index (χ3n) is 2.86. The number of carbonyl (C=O) groups excluding carboxylic acids is 1. The van der Waals surface area contributed by atoms with Crippen molar-refractivity contribution in [2.75, 3.05) is 0 Å². The van der Waals surface area contributed by atoms with Crippen LogP contribution in [0, 0.1) is 17.8 Å². The molecular weight excluding hydrogens is 172 g/mol. The van der Waals surface area contributed by atoms with Crippen LogP contribution in [-0.4, -0.2) is 5.78 Å². The number of carbonyl (C=O) groups is 1. The molecule has 0 aromatic rings. The van der Waals surface area contributed by atoms with Crippen molar-refractivity contribution in [1.29, 1.82) is 0 Å². The quantitative estimate of drug-likeness (QED) is 0.481. The van der Waals surface area contributed by atoms with Gasteiger partial charge in [0.2, 0.25) is 0 Å². The molecule has 0 unspecified atom stereocenters. The molecule has 1 nitrogen and oxygen atoms in total. The number of hydrogen-bond acceptors (Lipinski definition) is 1. The first-order chi connectivity index (χ1) is 6.62. The Morgan fingerprint density at radius 1 is 1.79 bits per heavy atom. The molecule has 0 amide bonds. The molecular formula is C13H16O. The average molecular weight is 188 g/mol. The van der Waals surface area contributed by atoms with Gasteiger partial charge in [0.25, 0.3) is 0 Å². The van der Waals surface area contributed by atoms with E-state index in [1.807, 2.05) is 6.08 Å². The van der Waals surface area contributed by atoms with Crippen molar-refractivity contribution in [1.82, 2.24) is 0 Å². The Bertz CT molecular complexity index is 317. The van der Waals surface area contributed by atoms with Crippen molar-refractivity contribution < 1.29 is 4.79 Å². The molecule has 1 aliphatic rings. The summed E-state index contributed by atoms with van der Waals surface area (Å²) in [5, 5.41) is 0. The highest BCUT2D eigenvalue weighted by molar-refractivity contribution is 5.91. The van der Waals surface area contributed by atoms with Gasteiger partial charge in [0.15, 0.2) is 5.78 Å². The fraction of sp³-hybridized carbons (Fsp3) is 0.462. The molecule has 14 heavy (non-hydrogen) atoms. The molecule has 0 fully saturated rings.